The second-order valence-electron chi connectivity index (χ2n) is 8.00. The van der Waals surface area contributed by atoms with Crippen molar-refractivity contribution < 1.29 is 31.5 Å². The number of benzene rings is 2. The van der Waals surface area contributed by atoms with E-state index in [-0.39, 0.29) is 23.4 Å². The predicted molar refractivity (Wildman–Crippen MR) is 117 cm³/mol. The molecule has 0 saturated carbocycles. The molecule has 1 fully saturated rings. The van der Waals surface area contributed by atoms with Crippen LogP contribution in [0.1, 0.15) is 43.4 Å². The highest BCUT2D eigenvalue weighted by Gasteiger charge is 2.38. The summed E-state index contributed by atoms with van der Waals surface area (Å²) in [5, 5.41) is 2.48. The Balaban J connectivity index is 1.63. The number of rotatable bonds is 7. The number of nitrogens with zero attached hydrogens (tertiary/aromatic N) is 1. The van der Waals surface area contributed by atoms with Gasteiger partial charge in [0.25, 0.3) is 5.91 Å². The fourth-order valence-electron chi connectivity index (χ4n) is 3.72. The van der Waals surface area contributed by atoms with E-state index < -0.39 is 52.2 Å². The third-order valence-electron chi connectivity index (χ3n) is 5.51. The van der Waals surface area contributed by atoms with Gasteiger partial charge in [-0.05, 0) is 51.3 Å². The van der Waals surface area contributed by atoms with Gasteiger partial charge in [0, 0.05) is 18.2 Å². The molecule has 0 bridgehead atoms. The molecule has 1 aliphatic heterocycles. The summed E-state index contributed by atoms with van der Waals surface area (Å²) >= 11 is 0. The van der Waals surface area contributed by atoms with Crippen molar-refractivity contribution in [2.45, 2.75) is 50.1 Å². The summed E-state index contributed by atoms with van der Waals surface area (Å²) < 4.78 is 59.4. The van der Waals surface area contributed by atoms with E-state index in [9.17, 15) is 26.8 Å². The van der Waals surface area contributed by atoms with E-state index in [1.807, 2.05) is 6.92 Å². The number of hydrogen-bond donors (Lipinski definition) is 1. The predicted octanol–water partition coefficient (Wildman–Crippen LogP) is 3.24. The molecule has 0 aliphatic carbocycles. The van der Waals surface area contributed by atoms with Gasteiger partial charge in [0.2, 0.25) is 10.0 Å². The van der Waals surface area contributed by atoms with Gasteiger partial charge in [-0.25, -0.2) is 17.2 Å². The monoisotopic (exact) mass is 480 g/mol. The molecule has 2 atom stereocenters. The van der Waals surface area contributed by atoms with Gasteiger partial charge in [-0.3, -0.25) is 9.59 Å². The maximum atomic E-state index is 13.9. The maximum absolute atomic E-state index is 13.9. The van der Waals surface area contributed by atoms with Crippen LogP contribution in [0.3, 0.4) is 0 Å². The summed E-state index contributed by atoms with van der Waals surface area (Å²) in [5.41, 5.74) is 0.989. The standard InChI is InChI=1S/C23H26F2N2O5S/c1-15-6-9-18(10-7-15)33(30,31)27-12-4-3-5-21(27)23(29)32-14-22(28)26-16(2)19-11-8-17(24)13-20(19)25/h6-11,13,16,21H,3-5,12,14H2,1-2H3,(H,26,28). The fraction of sp³-hybridized carbons (Fsp3) is 0.391. The second kappa shape index (κ2) is 10.4. The van der Waals surface area contributed by atoms with Crippen LogP contribution in [0.4, 0.5) is 8.78 Å². The Morgan fingerprint density at radius 2 is 1.85 bits per heavy atom. The molecule has 7 nitrogen and oxygen atoms in total. The zero-order valence-corrected chi connectivity index (χ0v) is 19.2. The van der Waals surface area contributed by atoms with Crippen molar-refractivity contribution in [3.05, 3.63) is 65.2 Å². The number of nitrogens with one attached hydrogen (secondary N) is 1. The summed E-state index contributed by atoms with van der Waals surface area (Å²) in [6.45, 7) is 2.87. The van der Waals surface area contributed by atoms with Gasteiger partial charge in [-0.1, -0.05) is 23.8 Å². The molecule has 0 radical (unpaired) electrons. The minimum atomic E-state index is -3.92. The first-order chi connectivity index (χ1) is 15.6. The lowest BCUT2D eigenvalue weighted by molar-refractivity contribution is -0.153. The molecule has 1 heterocycles. The van der Waals surface area contributed by atoms with Crippen molar-refractivity contribution in [1.29, 1.82) is 0 Å². The van der Waals surface area contributed by atoms with Crippen LogP contribution in [-0.2, 0) is 24.3 Å². The fourth-order valence-corrected chi connectivity index (χ4v) is 5.37. The summed E-state index contributed by atoms with van der Waals surface area (Å²) in [5.74, 6) is -3.05. The van der Waals surface area contributed by atoms with Crippen LogP contribution < -0.4 is 5.32 Å². The first-order valence-corrected chi connectivity index (χ1v) is 12.0. The molecule has 10 heteroatoms. The number of aryl methyl sites for hydroxylation is 1. The van der Waals surface area contributed by atoms with Crippen molar-refractivity contribution in [2.24, 2.45) is 0 Å². The number of hydrogen-bond acceptors (Lipinski definition) is 5. The van der Waals surface area contributed by atoms with Gasteiger partial charge in [0.1, 0.15) is 17.7 Å². The SMILES string of the molecule is Cc1ccc(S(=O)(=O)N2CCCCC2C(=O)OCC(=O)NC(C)c2ccc(F)cc2F)cc1. The zero-order valence-electron chi connectivity index (χ0n) is 18.4. The molecule has 3 rings (SSSR count). The van der Waals surface area contributed by atoms with Crippen molar-refractivity contribution >= 4 is 21.9 Å². The van der Waals surface area contributed by atoms with Gasteiger partial charge in [-0.2, -0.15) is 4.31 Å². The number of amides is 1. The number of sulfonamides is 1. The van der Waals surface area contributed by atoms with Gasteiger partial charge >= 0.3 is 5.97 Å². The minimum Gasteiger partial charge on any atom is -0.454 e. The van der Waals surface area contributed by atoms with Crippen LogP contribution in [0.15, 0.2) is 47.4 Å². The molecule has 2 aromatic rings. The summed E-state index contributed by atoms with van der Waals surface area (Å²) in [6.07, 6.45) is 1.53. The Morgan fingerprint density at radius 1 is 1.15 bits per heavy atom. The van der Waals surface area contributed by atoms with E-state index in [1.165, 1.54) is 25.1 Å². The van der Waals surface area contributed by atoms with E-state index >= 15 is 0 Å². The van der Waals surface area contributed by atoms with E-state index in [4.69, 9.17) is 4.74 Å². The highest BCUT2D eigenvalue weighted by atomic mass is 32.2. The summed E-state index contributed by atoms with van der Waals surface area (Å²) in [7, 11) is -3.92. The lowest BCUT2D eigenvalue weighted by atomic mass is 10.1. The molecule has 0 aromatic heterocycles. The van der Waals surface area contributed by atoms with Crippen molar-refractivity contribution in [2.75, 3.05) is 13.2 Å². The van der Waals surface area contributed by atoms with Crippen LogP contribution in [0.2, 0.25) is 0 Å². The number of halogens is 2. The minimum absolute atomic E-state index is 0.0822. The molecule has 2 unspecified atom stereocenters. The summed E-state index contributed by atoms with van der Waals surface area (Å²) in [4.78, 5) is 25.0. The average Bonchev–Trinajstić information content (AvgIpc) is 2.77. The average molecular weight is 481 g/mol. The quantitative estimate of drug-likeness (QED) is 0.615. The molecule has 1 N–H and O–H groups in total. The molecule has 0 spiro atoms. The molecule has 178 valence electrons. The van der Waals surface area contributed by atoms with Gasteiger partial charge in [-0.15, -0.1) is 0 Å². The Labute approximate surface area is 191 Å². The molecule has 1 saturated heterocycles. The van der Waals surface area contributed by atoms with Crippen LogP contribution in [0.25, 0.3) is 0 Å². The first-order valence-electron chi connectivity index (χ1n) is 10.6. The Bertz CT molecular complexity index is 1120. The van der Waals surface area contributed by atoms with E-state index in [2.05, 4.69) is 5.32 Å². The van der Waals surface area contributed by atoms with Crippen LogP contribution in [-0.4, -0.2) is 43.8 Å². The Hall–Kier alpha value is -2.85. The lowest BCUT2D eigenvalue weighted by Gasteiger charge is -2.33. The molecule has 1 aliphatic rings. The highest BCUT2D eigenvalue weighted by molar-refractivity contribution is 7.89. The Kier molecular flexibility index (Phi) is 7.80. The molecule has 2 aromatic carbocycles. The molecular formula is C23H26F2N2O5S. The van der Waals surface area contributed by atoms with Crippen LogP contribution in [0, 0.1) is 18.6 Å². The van der Waals surface area contributed by atoms with Crippen molar-refractivity contribution in [3.8, 4) is 0 Å². The van der Waals surface area contributed by atoms with E-state index in [0.717, 1.165) is 15.9 Å². The normalized spacial score (nSPS) is 17.9. The zero-order chi connectivity index (χ0) is 24.2. The molecule has 1 amide bonds. The molecular weight excluding hydrogens is 454 g/mol. The number of piperidine rings is 1. The van der Waals surface area contributed by atoms with Crippen LogP contribution in [0.5, 0.6) is 0 Å². The van der Waals surface area contributed by atoms with Crippen molar-refractivity contribution in [3.63, 3.8) is 0 Å². The highest BCUT2D eigenvalue weighted by Crippen LogP contribution is 2.26. The van der Waals surface area contributed by atoms with Crippen molar-refractivity contribution in [1.82, 2.24) is 9.62 Å². The Morgan fingerprint density at radius 3 is 2.52 bits per heavy atom. The number of ether oxygens (including phenoxy) is 1. The topological polar surface area (TPSA) is 92.8 Å². The van der Waals surface area contributed by atoms with Gasteiger partial charge in [0.05, 0.1) is 10.9 Å². The third kappa shape index (κ3) is 5.94. The van der Waals surface area contributed by atoms with E-state index in [1.54, 1.807) is 12.1 Å². The van der Waals surface area contributed by atoms with Crippen LogP contribution >= 0.6 is 0 Å². The number of carbonyl (C=O) groups is 2. The largest absolute Gasteiger partial charge is 0.454 e. The molecule has 33 heavy (non-hydrogen) atoms. The summed E-state index contributed by atoms with van der Waals surface area (Å²) in [6, 6.07) is 7.53. The first kappa shape index (κ1) is 24.8. The van der Waals surface area contributed by atoms with Gasteiger partial charge in [0.15, 0.2) is 6.61 Å². The second-order valence-corrected chi connectivity index (χ2v) is 9.89. The smallest absolute Gasteiger partial charge is 0.324 e. The third-order valence-corrected chi connectivity index (χ3v) is 7.43. The number of esters is 1. The van der Waals surface area contributed by atoms with E-state index in [0.29, 0.717) is 18.9 Å². The number of carbonyl (C=O) groups excluding carboxylic acids is 2. The maximum Gasteiger partial charge on any atom is 0.324 e. The lowest BCUT2D eigenvalue weighted by Crippen LogP contribution is -2.49. The van der Waals surface area contributed by atoms with Gasteiger partial charge < -0.3 is 10.1 Å².